The zero-order valence-corrected chi connectivity index (χ0v) is 14.9. The van der Waals surface area contributed by atoms with Crippen LogP contribution in [-0.4, -0.2) is 28.7 Å². The third-order valence-electron chi connectivity index (χ3n) is 4.50. The number of halogens is 1. The molecule has 0 saturated carbocycles. The molecule has 5 nitrogen and oxygen atoms in total. The lowest BCUT2D eigenvalue weighted by molar-refractivity contribution is 0.0260. The van der Waals surface area contributed by atoms with E-state index in [1.807, 2.05) is 36.4 Å². The Labute approximate surface area is 157 Å². The summed E-state index contributed by atoms with van der Waals surface area (Å²) in [4.78, 5) is 14.2. The molecule has 1 amide bonds. The molecule has 1 saturated heterocycles. The first-order valence-corrected chi connectivity index (χ1v) is 8.81. The smallest absolute Gasteiger partial charge is 0.410 e. The molecule has 1 aliphatic rings. The summed E-state index contributed by atoms with van der Waals surface area (Å²) in [6.07, 6.45) is -0.0762. The van der Waals surface area contributed by atoms with Gasteiger partial charge in [-0.05, 0) is 36.1 Å². The van der Waals surface area contributed by atoms with Crippen molar-refractivity contribution in [2.75, 3.05) is 6.54 Å². The molecule has 1 aliphatic heterocycles. The van der Waals surface area contributed by atoms with Crippen molar-refractivity contribution in [2.24, 2.45) is 0 Å². The van der Waals surface area contributed by atoms with Crippen molar-refractivity contribution in [2.45, 2.75) is 31.6 Å². The molecular weight excluding hydrogens is 352 g/mol. The van der Waals surface area contributed by atoms with Crippen LogP contribution in [0, 0.1) is 11.3 Å². The molecule has 3 rings (SSSR count). The monoisotopic (exact) mass is 370 g/mol. The van der Waals surface area contributed by atoms with Crippen LogP contribution in [0.25, 0.3) is 0 Å². The zero-order valence-electron chi connectivity index (χ0n) is 14.1. The van der Waals surface area contributed by atoms with Crippen molar-refractivity contribution in [1.29, 1.82) is 5.26 Å². The van der Waals surface area contributed by atoms with E-state index < -0.39 is 12.2 Å². The van der Waals surface area contributed by atoms with Gasteiger partial charge in [0.25, 0.3) is 0 Å². The highest BCUT2D eigenvalue weighted by Gasteiger charge is 2.34. The summed E-state index contributed by atoms with van der Waals surface area (Å²) >= 11 is 6.32. The van der Waals surface area contributed by atoms with Crippen molar-refractivity contribution in [1.82, 2.24) is 4.90 Å². The highest BCUT2D eigenvalue weighted by Crippen LogP contribution is 2.36. The van der Waals surface area contributed by atoms with Crippen molar-refractivity contribution < 1.29 is 14.6 Å². The summed E-state index contributed by atoms with van der Waals surface area (Å²) in [7, 11) is 0. The standard InChI is InChI=1S/C20H19ClN2O3/c21-18-10-15(12-22)6-7-17(18)19-11-16(24)8-9-23(19)20(25)26-13-14-4-2-1-3-5-14/h1-7,10,16,19,24H,8-9,11,13H2. The number of benzene rings is 2. The van der Waals surface area contributed by atoms with Gasteiger partial charge in [0.05, 0.1) is 23.8 Å². The van der Waals surface area contributed by atoms with E-state index in [-0.39, 0.29) is 12.6 Å². The first-order valence-electron chi connectivity index (χ1n) is 8.43. The Morgan fingerprint density at radius 2 is 2.08 bits per heavy atom. The van der Waals surface area contributed by atoms with Gasteiger partial charge in [-0.15, -0.1) is 0 Å². The van der Waals surface area contributed by atoms with Gasteiger partial charge >= 0.3 is 6.09 Å². The van der Waals surface area contributed by atoms with Crippen molar-refractivity contribution >= 4 is 17.7 Å². The maximum atomic E-state index is 12.6. The number of carbonyl (C=O) groups excluding carboxylic acids is 1. The number of rotatable bonds is 3. The minimum Gasteiger partial charge on any atom is -0.445 e. The number of nitriles is 1. The van der Waals surface area contributed by atoms with E-state index in [2.05, 4.69) is 0 Å². The number of hydrogen-bond acceptors (Lipinski definition) is 4. The van der Waals surface area contributed by atoms with Gasteiger partial charge in [-0.2, -0.15) is 5.26 Å². The minimum absolute atomic E-state index is 0.187. The molecule has 134 valence electrons. The van der Waals surface area contributed by atoms with Crippen LogP contribution in [0.15, 0.2) is 48.5 Å². The molecule has 2 aromatic carbocycles. The molecule has 0 aromatic heterocycles. The normalized spacial score (nSPS) is 19.7. The highest BCUT2D eigenvalue weighted by molar-refractivity contribution is 6.31. The van der Waals surface area contributed by atoms with Gasteiger partial charge < -0.3 is 14.7 Å². The fourth-order valence-electron chi connectivity index (χ4n) is 3.13. The lowest BCUT2D eigenvalue weighted by Crippen LogP contribution is -2.43. The molecule has 26 heavy (non-hydrogen) atoms. The predicted octanol–water partition coefficient (Wildman–Crippen LogP) is 4.05. The average Bonchev–Trinajstić information content (AvgIpc) is 2.66. The summed E-state index contributed by atoms with van der Waals surface area (Å²) in [6.45, 7) is 0.572. The Bertz CT molecular complexity index is 820. The van der Waals surface area contributed by atoms with E-state index in [0.717, 1.165) is 5.56 Å². The number of likely N-dealkylation sites (tertiary alicyclic amines) is 1. The Kier molecular flexibility index (Phi) is 5.77. The van der Waals surface area contributed by atoms with Crippen LogP contribution < -0.4 is 0 Å². The first-order chi connectivity index (χ1) is 12.6. The molecule has 0 aliphatic carbocycles. The van der Waals surface area contributed by atoms with Gasteiger partial charge in [0.1, 0.15) is 6.61 Å². The number of piperidine rings is 1. The van der Waals surface area contributed by atoms with E-state index in [0.29, 0.717) is 35.5 Å². The second-order valence-corrected chi connectivity index (χ2v) is 6.68. The SMILES string of the molecule is N#Cc1ccc(C2CC(O)CCN2C(=O)OCc2ccccc2)c(Cl)c1. The molecule has 1 N–H and O–H groups in total. The van der Waals surface area contributed by atoms with Gasteiger partial charge in [-0.1, -0.05) is 48.0 Å². The van der Waals surface area contributed by atoms with Gasteiger partial charge in [0.15, 0.2) is 0 Å². The fraction of sp³-hybridized carbons (Fsp3) is 0.300. The Balaban J connectivity index is 1.77. The minimum atomic E-state index is -0.509. The summed E-state index contributed by atoms with van der Waals surface area (Å²) in [5, 5.41) is 19.5. The molecule has 1 heterocycles. The molecule has 2 unspecified atom stereocenters. The molecule has 1 fully saturated rings. The summed E-state index contributed by atoms with van der Waals surface area (Å²) in [5.74, 6) is 0. The van der Waals surface area contributed by atoms with Crippen molar-refractivity contribution in [3.05, 3.63) is 70.2 Å². The van der Waals surface area contributed by atoms with E-state index in [1.54, 1.807) is 23.1 Å². The Morgan fingerprint density at radius 3 is 2.77 bits per heavy atom. The fourth-order valence-corrected chi connectivity index (χ4v) is 3.44. The maximum absolute atomic E-state index is 12.6. The zero-order chi connectivity index (χ0) is 18.5. The summed E-state index contributed by atoms with van der Waals surface area (Å²) < 4.78 is 5.45. The van der Waals surface area contributed by atoms with Crippen LogP contribution >= 0.6 is 11.6 Å². The maximum Gasteiger partial charge on any atom is 0.410 e. The van der Waals surface area contributed by atoms with E-state index in [4.69, 9.17) is 21.6 Å². The van der Waals surface area contributed by atoms with E-state index in [1.165, 1.54) is 0 Å². The van der Waals surface area contributed by atoms with Gasteiger partial charge in [-0.25, -0.2) is 4.79 Å². The number of aliphatic hydroxyl groups is 1. The van der Waals surface area contributed by atoms with Crippen LogP contribution in [0.3, 0.4) is 0 Å². The largest absolute Gasteiger partial charge is 0.445 e. The molecule has 0 spiro atoms. The highest BCUT2D eigenvalue weighted by atomic mass is 35.5. The topological polar surface area (TPSA) is 73.6 Å². The van der Waals surface area contributed by atoms with Gasteiger partial charge in [0.2, 0.25) is 0 Å². The number of nitrogens with zero attached hydrogens (tertiary/aromatic N) is 2. The van der Waals surface area contributed by atoms with E-state index in [9.17, 15) is 9.90 Å². The lowest BCUT2D eigenvalue weighted by Gasteiger charge is -2.37. The van der Waals surface area contributed by atoms with E-state index >= 15 is 0 Å². The van der Waals surface area contributed by atoms with Crippen LogP contribution in [0.1, 0.15) is 35.6 Å². The van der Waals surface area contributed by atoms with Crippen molar-refractivity contribution in [3.63, 3.8) is 0 Å². The lowest BCUT2D eigenvalue weighted by atomic mass is 9.93. The van der Waals surface area contributed by atoms with Crippen molar-refractivity contribution in [3.8, 4) is 6.07 Å². The summed E-state index contributed by atoms with van der Waals surface area (Å²) in [5.41, 5.74) is 2.07. The van der Waals surface area contributed by atoms with Crippen LogP contribution in [0.2, 0.25) is 5.02 Å². The quantitative estimate of drug-likeness (QED) is 0.884. The number of ether oxygens (including phenoxy) is 1. The number of carbonyl (C=O) groups is 1. The van der Waals surface area contributed by atoms with Gasteiger partial charge in [0, 0.05) is 11.6 Å². The second-order valence-electron chi connectivity index (χ2n) is 6.28. The number of aliphatic hydroxyl groups excluding tert-OH is 1. The molecule has 0 radical (unpaired) electrons. The third-order valence-corrected chi connectivity index (χ3v) is 4.83. The molecule has 2 atom stereocenters. The molecular formula is C20H19ClN2O3. The average molecular weight is 371 g/mol. The second kappa shape index (κ2) is 8.22. The van der Waals surface area contributed by atoms with Crippen LogP contribution in [0.4, 0.5) is 4.79 Å². The predicted molar refractivity (Wildman–Crippen MR) is 97.5 cm³/mol. The third kappa shape index (κ3) is 4.16. The Hall–Kier alpha value is -2.55. The molecule has 2 aromatic rings. The molecule has 6 heteroatoms. The molecule has 0 bridgehead atoms. The summed E-state index contributed by atoms with van der Waals surface area (Å²) in [6, 6.07) is 16.1. The van der Waals surface area contributed by atoms with Crippen LogP contribution in [0.5, 0.6) is 0 Å². The first kappa shape index (κ1) is 18.2. The Morgan fingerprint density at radius 1 is 1.31 bits per heavy atom. The number of hydrogen-bond donors (Lipinski definition) is 1. The number of amides is 1. The van der Waals surface area contributed by atoms with Gasteiger partial charge in [-0.3, -0.25) is 0 Å². The van der Waals surface area contributed by atoms with Crippen LogP contribution in [-0.2, 0) is 11.3 Å².